The lowest BCUT2D eigenvalue weighted by atomic mass is 10.1. The smallest absolute Gasteiger partial charge is 0.326 e. The number of carboxylic acids is 3. The Bertz CT molecular complexity index is 2270. The van der Waals surface area contributed by atoms with Crippen molar-refractivity contribution >= 4 is 75.0 Å². The normalized spacial score (nSPS) is 12.3. The maximum atomic E-state index is 12.5. The van der Waals surface area contributed by atoms with Crippen molar-refractivity contribution in [1.29, 1.82) is 0 Å². The summed E-state index contributed by atoms with van der Waals surface area (Å²) in [5.41, 5.74) is 6.57. The van der Waals surface area contributed by atoms with E-state index in [0.29, 0.717) is 49.3 Å². The Balaban J connectivity index is 1.49. The number of hydrogen-bond acceptors (Lipinski definition) is 20. The Labute approximate surface area is 436 Å². The van der Waals surface area contributed by atoms with Gasteiger partial charge < -0.3 is 71.9 Å². The lowest BCUT2D eigenvalue weighted by Crippen LogP contribution is -2.45. The Morgan fingerprint density at radius 2 is 1.05 bits per heavy atom. The number of aliphatic carboxylic acids is 3. The van der Waals surface area contributed by atoms with Crippen molar-refractivity contribution < 1.29 is 90.6 Å². The number of rotatable bonds is 43. The molecule has 76 heavy (non-hydrogen) atoms. The van der Waals surface area contributed by atoms with Crippen LogP contribution in [0.15, 0.2) is 24.3 Å². The highest BCUT2D eigenvalue weighted by Gasteiger charge is 2.25. The van der Waals surface area contributed by atoms with Crippen LogP contribution >= 0.6 is 0 Å². The van der Waals surface area contributed by atoms with E-state index < -0.39 is 113 Å². The maximum absolute atomic E-state index is 12.5. The number of benzene rings is 1. The SMILES string of the molecule is Nc1ccc(C(=O)NCCCCC(NC(=O)COCCOCCNC(=O)CCC(NC(=O)CCC(NC(=O)COCCOCCNC(=O)CCCS(=O)(=O)NC(=O)CCCc2nnn[nH]2)C(=O)O)C(=O)O)C(=O)O)cc1. The number of nitrogen functional groups attached to an aromatic ring is 1. The van der Waals surface area contributed by atoms with E-state index in [1.54, 1.807) is 24.3 Å². The minimum atomic E-state index is -3.94. The van der Waals surface area contributed by atoms with Crippen molar-refractivity contribution in [2.45, 2.75) is 95.2 Å². The van der Waals surface area contributed by atoms with E-state index in [1.807, 2.05) is 4.72 Å². The molecular weight excluding hydrogens is 1030 g/mol. The molecule has 0 aliphatic heterocycles. The van der Waals surface area contributed by atoms with Gasteiger partial charge in [-0.25, -0.2) is 27.9 Å². The molecule has 2 aromatic rings. The summed E-state index contributed by atoms with van der Waals surface area (Å²) in [6.07, 6.45) is -0.0840. The number of anilines is 1. The van der Waals surface area contributed by atoms with Crippen LogP contribution in [0.5, 0.6) is 0 Å². The van der Waals surface area contributed by atoms with Gasteiger partial charge in [0.15, 0.2) is 0 Å². The van der Waals surface area contributed by atoms with E-state index >= 15 is 0 Å². The molecule has 3 unspecified atom stereocenters. The summed E-state index contributed by atoms with van der Waals surface area (Å²) in [6.45, 7) is -0.651. The molecule has 1 aromatic carbocycles. The highest BCUT2D eigenvalue weighted by molar-refractivity contribution is 7.90. The van der Waals surface area contributed by atoms with Crippen LogP contribution in [-0.2, 0) is 78.5 Å². The van der Waals surface area contributed by atoms with Crippen molar-refractivity contribution in [3.63, 3.8) is 0 Å². The van der Waals surface area contributed by atoms with Crippen LogP contribution in [0.25, 0.3) is 0 Å². The Hall–Kier alpha value is -7.42. The number of aryl methyl sites for hydroxylation is 1. The monoisotopic (exact) mass is 1100 g/mol. The first-order chi connectivity index (χ1) is 36.2. The summed E-state index contributed by atoms with van der Waals surface area (Å²) in [5, 5.41) is 56.2. The standard InChI is InChI=1S/C44H68N12O19S/c45-30-11-9-29(10-12-30)41(63)48-17-2-1-5-31(42(64)65)50-39(61)27-74-24-23-73-21-19-47-36(58)15-13-32(43(66)67)49-37(59)16-14-33(44(68)69)51-40(62)28-75-25-22-72-20-18-46-35(57)8-4-26-76(70,71)54-38(60)7-3-6-34-52-55-56-53-34/h9-12,31-33H,1-8,13-28,45H2,(H,46,57)(H,47,58)(H,48,63)(H,49,59)(H,50,61)(H,51,62)(H,54,60)(H,64,65)(H,66,67)(H,68,69)(H,52,53,55,56). The summed E-state index contributed by atoms with van der Waals surface area (Å²) in [6, 6.07) is 2.18. The molecule has 1 heterocycles. The van der Waals surface area contributed by atoms with Gasteiger partial charge in [0, 0.05) is 63.0 Å². The molecule has 32 heteroatoms. The molecule has 0 spiro atoms. The fraction of sp³-hybridized carbons (Fsp3) is 0.614. The Kier molecular flexibility index (Phi) is 31.8. The van der Waals surface area contributed by atoms with Crippen LogP contribution in [0, 0.1) is 0 Å². The van der Waals surface area contributed by atoms with Gasteiger partial charge in [0.1, 0.15) is 37.2 Å². The molecule has 0 saturated heterocycles. The van der Waals surface area contributed by atoms with Gasteiger partial charge in [-0.1, -0.05) is 0 Å². The highest BCUT2D eigenvalue weighted by atomic mass is 32.2. The molecule has 1 aromatic heterocycles. The molecule has 0 saturated carbocycles. The fourth-order valence-corrected chi connectivity index (χ4v) is 7.42. The molecule has 31 nitrogen and oxygen atoms in total. The van der Waals surface area contributed by atoms with Crippen molar-refractivity contribution in [3.8, 4) is 0 Å². The summed E-state index contributed by atoms with van der Waals surface area (Å²) >= 11 is 0. The van der Waals surface area contributed by atoms with Crippen LogP contribution in [0.3, 0.4) is 0 Å². The van der Waals surface area contributed by atoms with Gasteiger partial charge in [0.05, 0.1) is 45.4 Å². The molecule has 7 amide bonds. The van der Waals surface area contributed by atoms with Crippen LogP contribution < -0.4 is 42.4 Å². The van der Waals surface area contributed by atoms with E-state index in [4.69, 9.17) is 24.7 Å². The second-order valence-electron chi connectivity index (χ2n) is 16.5. The van der Waals surface area contributed by atoms with E-state index in [9.17, 15) is 71.7 Å². The average molecular weight is 1100 g/mol. The van der Waals surface area contributed by atoms with Gasteiger partial charge in [-0.2, -0.15) is 0 Å². The molecule has 0 aliphatic carbocycles. The van der Waals surface area contributed by atoms with Crippen molar-refractivity contribution in [1.82, 2.24) is 57.2 Å². The molecule has 0 radical (unpaired) electrons. The molecule has 2 rings (SSSR count). The van der Waals surface area contributed by atoms with Crippen LogP contribution in [0.4, 0.5) is 5.69 Å². The first-order valence-electron chi connectivity index (χ1n) is 24.0. The molecule has 3 atom stereocenters. The van der Waals surface area contributed by atoms with Crippen LogP contribution in [0.1, 0.15) is 86.8 Å². The third-order valence-corrected chi connectivity index (χ3v) is 11.6. The molecule has 0 aliphatic rings. The number of nitrogens with zero attached hydrogens (tertiary/aromatic N) is 3. The van der Waals surface area contributed by atoms with Gasteiger partial charge in [-0.3, -0.25) is 38.3 Å². The summed E-state index contributed by atoms with van der Waals surface area (Å²) in [4.78, 5) is 121. The lowest BCUT2D eigenvalue weighted by molar-refractivity contribution is -0.144. The number of aromatic amines is 1. The van der Waals surface area contributed by atoms with E-state index in [2.05, 4.69) is 52.5 Å². The summed E-state index contributed by atoms with van der Waals surface area (Å²) < 4.78 is 47.2. The minimum Gasteiger partial charge on any atom is -0.480 e. The Morgan fingerprint density at radius 1 is 0.553 bits per heavy atom. The zero-order valence-electron chi connectivity index (χ0n) is 41.7. The number of amides is 7. The molecule has 0 fully saturated rings. The number of carbonyl (C=O) groups is 10. The van der Waals surface area contributed by atoms with Crippen molar-refractivity contribution in [2.24, 2.45) is 0 Å². The van der Waals surface area contributed by atoms with Crippen molar-refractivity contribution in [3.05, 3.63) is 35.7 Å². The van der Waals surface area contributed by atoms with Gasteiger partial charge in [-0.05, 0) is 79.6 Å². The second kappa shape index (κ2) is 37.3. The molecule has 0 bridgehead atoms. The zero-order chi connectivity index (χ0) is 56.1. The Morgan fingerprint density at radius 3 is 1.59 bits per heavy atom. The maximum Gasteiger partial charge on any atom is 0.326 e. The van der Waals surface area contributed by atoms with Crippen LogP contribution in [0.2, 0.25) is 0 Å². The molecular formula is C44H68N12O19S. The number of carboxylic acid groups (broad SMARTS) is 3. The number of H-pyrrole nitrogens is 1. The molecule has 424 valence electrons. The number of aromatic nitrogens is 4. The topological polar surface area (TPSA) is 467 Å². The largest absolute Gasteiger partial charge is 0.480 e. The number of nitrogens with one attached hydrogen (secondary N) is 8. The second-order valence-corrected chi connectivity index (χ2v) is 18.3. The zero-order valence-corrected chi connectivity index (χ0v) is 42.5. The average Bonchev–Trinajstić information content (AvgIpc) is 3.88. The summed E-state index contributed by atoms with van der Waals surface area (Å²) in [5.74, 6) is -8.47. The lowest BCUT2D eigenvalue weighted by Gasteiger charge is -2.17. The van der Waals surface area contributed by atoms with Gasteiger partial charge in [-0.15, -0.1) is 5.10 Å². The fourth-order valence-electron chi connectivity index (χ4n) is 6.34. The number of hydrogen-bond donors (Lipinski definition) is 12. The van der Waals surface area contributed by atoms with E-state index in [1.165, 1.54) is 0 Å². The predicted octanol–water partition coefficient (Wildman–Crippen LogP) is -3.50. The summed E-state index contributed by atoms with van der Waals surface area (Å²) in [7, 11) is -3.94. The quantitative estimate of drug-likeness (QED) is 0.0226. The van der Waals surface area contributed by atoms with Crippen molar-refractivity contribution in [2.75, 3.05) is 84.0 Å². The number of carbonyl (C=O) groups excluding carboxylic acids is 7. The first-order valence-corrected chi connectivity index (χ1v) is 25.7. The first kappa shape index (κ1) is 64.7. The number of ether oxygens (including phenoxy) is 4. The van der Waals surface area contributed by atoms with Gasteiger partial charge in [0.2, 0.25) is 45.5 Å². The number of nitrogens with two attached hydrogens (primary N) is 1. The van der Waals surface area contributed by atoms with E-state index in [0.717, 1.165) is 0 Å². The third kappa shape index (κ3) is 31.3. The number of unbranched alkanes of at least 4 members (excludes halogenated alkanes) is 1. The van der Waals surface area contributed by atoms with E-state index in [-0.39, 0.29) is 97.2 Å². The minimum absolute atomic E-state index is 0.0101. The highest BCUT2D eigenvalue weighted by Crippen LogP contribution is 2.07. The van der Waals surface area contributed by atoms with Crippen LogP contribution in [-0.4, -0.2) is 200 Å². The number of tetrazole rings is 1. The van der Waals surface area contributed by atoms with Gasteiger partial charge >= 0.3 is 17.9 Å². The number of sulfonamides is 1. The predicted molar refractivity (Wildman–Crippen MR) is 262 cm³/mol. The van der Waals surface area contributed by atoms with Gasteiger partial charge in [0.25, 0.3) is 5.91 Å². The third-order valence-electron chi connectivity index (χ3n) is 10.2. The molecule has 13 N–H and O–H groups in total.